The van der Waals surface area contributed by atoms with Gasteiger partial charge in [-0.15, -0.1) is 0 Å². The van der Waals surface area contributed by atoms with Crippen molar-refractivity contribution in [3.63, 3.8) is 0 Å². The molecule has 1 aromatic rings. The van der Waals surface area contributed by atoms with E-state index >= 15 is 0 Å². The second kappa shape index (κ2) is 6.39. The van der Waals surface area contributed by atoms with Crippen molar-refractivity contribution in [2.75, 3.05) is 32.7 Å². The molecule has 0 N–H and O–H groups in total. The molecule has 21 heavy (non-hydrogen) atoms. The highest BCUT2D eigenvalue weighted by Crippen LogP contribution is 2.27. The van der Waals surface area contributed by atoms with Crippen LogP contribution in [0.1, 0.15) is 30.5 Å². The normalized spacial score (nSPS) is 27.0. The number of hydrogen-bond acceptors (Lipinski definition) is 2. The van der Waals surface area contributed by atoms with Crippen LogP contribution in [0.5, 0.6) is 0 Å². The summed E-state index contributed by atoms with van der Waals surface area (Å²) < 4.78 is 1.23. The van der Waals surface area contributed by atoms with E-state index < -0.39 is 0 Å². The average Bonchev–Trinajstić information content (AvgIpc) is 2.76. The molecule has 2 heterocycles. The molecule has 2 atom stereocenters. The first-order chi connectivity index (χ1) is 10.0. The predicted octanol–water partition coefficient (Wildman–Crippen LogP) is 3.70. The third kappa shape index (κ3) is 3.52. The Hall–Kier alpha value is -0.380. The van der Waals surface area contributed by atoms with Crippen molar-refractivity contribution in [3.05, 3.63) is 33.3 Å². The fourth-order valence-electron chi connectivity index (χ4n) is 3.78. The molecule has 1 saturated heterocycles. The largest absolute Gasteiger partial charge is 0.302 e. The predicted molar refractivity (Wildman–Crippen MR) is 92.6 cm³/mol. The molecule has 0 spiro atoms. The topological polar surface area (TPSA) is 6.48 Å². The van der Waals surface area contributed by atoms with Gasteiger partial charge < -0.3 is 4.90 Å². The molecule has 1 aromatic carbocycles. The van der Waals surface area contributed by atoms with Gasteiger partial charge in [0.05, 0.1) is 0 Å². The first-order valence-corrected chi connectivity index (χ1v) is 9.05. The molecule has 3 rings (SSSR count). The summed E-state index contributed by atoms with van der Waals surface area (Å²) in [5, 5.41) is 0. The van der Waals surface area contributed by atoms with E-state index in [0.717, 1.165) is 18.4 Å². The molecule has 0 aromatic heterocycles. The maximum absolute atomic E-state index is 3.62. The minimum Gasteiger partial charge on any atom is -0.302 e. The molecule has 1 fully saturated rings. The highest BCUT2D eigenvalue weighted by atomic mass is 79.9. The van der Waals surface area contributed by atoms with E-state index in [-0.39, 0.29) is 0 Å². The van der Waals surface area contributed by atoms with Crippen molar-refractivity contribution in [1.29, 1.82) is 0 Å². The van der Waals surface area contributed by atoms with Crippen molar-refractivity contribution in [3.8, 4) is 0 Å². The smallest absolute Gasteiger partial charge is 0.0239 e. The summed E-state index contributed by atoms with van der Waals surface area (Å²) in [6.07, 6.45) is 1.20. The van der Waals surface area contributed by atoms with Crippen LogP contribution in [-0.2, 0) is 13.0 Å². The minimum atomic E-state index is 0.867. The molecule has 3 heteroatoms. The highest BCUT2D eigenvalue weighted by molar-refractivity contribution is 9.10. The summed E-state index contributed by atoms with van der Waals surface area (Å²) in [5.74, 6) is 1.73. The fraction of sp³-hybridized carbons (Fsp3) is 0.667. The minimum absolute atomic E-state index is 0.867. The van der Waals surface area contributed by atoms with Crippen molar-refractivity contribution in [2.24, 2.45) is 11.8 Å². The SMILES string of the molecule is Cc1cc(Br)cc2c1CN(CCN1CC(C)C(C)C1)CC2. The summed E-state index contributed by atoms with van der Waals surface area (Å²) in [6, 6.07) is 4.57. The number of halogens is 1. The molecule has 2 aliphatic rings. The molecule has 2 unspecified atom stereocenters. The molecule has 0 aliphatic carbocycles. The maximum atomic E-state index is 3.62. The van der Waals surface area contributed by atoms with Gasteiger partial charge in [0.1, 0.15) is 0 Å². The first-order valence-electron chi connectivity index (χ1n) is 8.25. The third-order valence-electron chi connectivity index (χ3n) is 5.41. The van der Waals surface area contributed by atoms with Crippen LogP contribution in [0, 0.1) is 18.8 Å². The zero-order valence-electron chi connectivity index (χ0n) is 13.5. The number of benzene rings is 1. The Bertz CT molecular complexity index is 504. The number of rotatable bonds is 3. The summed E-state index contributed by atoms with van der Waals surface area (Å²) in [5.41, 5.74) is 4.54. The van der Waals surface area contributed by atoms with Gasteiger partial charge in [0, 0.05) is 43.7 Å². The lowest BCUT2D eigenvalue weighted by Crippen LogP contribution is -2.37. The van der Waals surface area contributed by atoms with Crippen LogP contribution in [0.15, 0.2) is 16.6 Å². The maximum Gasteiger partial charge on any atom is 0.0239 e. The lowest BCUT2D eigenvalue weighted by atomic mass is 9.95. The Morgan fingerprint density at radius 3 is 2.48 bits per heavy atom. The van der Waals surface area contributed by atoms with Gasteiger partial charge in [-0.1, -0.05) is 29.8 Å². The Morgan fingerprint density at radius 2 is 1.76 bits per heavy atom. The number of nitrogens with zero attached hydrogens (tertiary/aromatic N) is 2. The lowest BCUT2D eigenvalue weighted by molar-refractivity contribution is 0.207. The van der Waals surface area contributed by atoms with E-state index in [0.29, 0.717) is 0 Å². The Balaban J connectivity index is 1.57. The first kappa shape index (κ1) is 15.5. The molecule has 0 saturated carbocycles. The van der Waals surface area contributed by atoms with E-state index in [9.17, 15) is 0 Å². The van der Waals surface area contributed by atoms with E-state index in [1.165, 1.54) is 49.2 Å². The van der Waals surface area contributed by atoms with Gasteiger partial charge in [0.2, 0.25) is 0 Å². The van der Waals surface area contributed by atoms with Gasteiger partial charge in [0.25, 0.3) is 0 Å². The molecule has 2 nitrogen and oxygen atoms in total. The summed E-state index contributed by atoms with van der Waals surface area (Å²) >= 11 is 3.62. The van der Waals surface area contributed by atoms with Gasteiger partial charge in [-0.2, -0.15) is 0 Å². The highest BCUT2D eigenvalue weighted by Gasteiger charge is 2.26. The van der Waals surface area contributed by atoms with Crippen LogP contribution in [0.2, 0.25) is 0 Å². The molecular formula is C18H27BrN2. The summed E-state index contributed by atoms with van der Waals surface area (Å²) in [6.45, 7) is 14.4. The van der Waals surface area contributed by atoms with E-state index in [1.54, 1.807) is 11.1 Å². The molecule has 0 radical (unpaired) electrons. The van der Waals surface area contributed by atoms with E-state index in [1.807, 2.05) is 0 Å². The molecular weight excluding hydrogens is 324 g/mol. The number of fused-ring (bicyclic) bond motifs is 1. The zero-order chi connectivity index (χ0) is 15.0. The Morgan fingerprint density at radius 1 is 1.10 bits per heavy atom. The second-order valence-corrected chi connectivity index (χ2v) is 8.02. The molecule has 0 bridgehead atoms. The second-order valence-electron chi connectivity index (χ2n) is 7.10. The van der Waals surface area contributed by atoms with Crippen LogP contribution in [0.25, 0.3) is 0 Å². The molecule has 116 valence electrons. The standard InChI is InChI=1S/C18H27BrN2/c1-13-8-17(19)9-16-4-5-20(12-18(13)16)6-7-21-10-14(2)15(3)11-21/h8-9,14-15H,4-7,10-12H2,1-3H3. The molecule has 0 amide bonds. The summed E-state index contributed by atoms with van der Waals surface area (Å²) in [4.78, 5) is 5.29. The van der Waals surface area contributed by atoms with Crippen LogP contribution in [0.4, 0.5) is 0 Å². The van der Waals surface area contributed by atoms with Gasteiger partial charge in [0.15, 0.2) is 0 Å². The van der Waals surface area contributed by atoms with Crippen molar-refractivity contribution in [1.82, 2.24) is 9.80 Å². The van der Waals surface area contributed by atoms with Crippen LogP contribution < -0.4 is 0 Å². The van der Waals surface area contributed by atoms with Crippen LogP contribution >= 0.6 is 15.9 Å². The summed E-state index contributed by atoms with van der Waals surface area (Å²) in [7, 11) is 0. The van der Waals surface area contributed by atoms with Crippen LogP contribution in [-0.4, -0.2) is 42.5 Å². The number of aryl methyl sites for hydroxylation is 1. The van der Waals surface area contributed by atoms with Gasteiger partial charge in [-0.3, -0.25) is 4.90 Å². The van der Waals surface area contributed by atoms with Gasteiger partial charge >= 0.3 is 0 Å². The number of hydrogen-bond donors (Lipinski definition) is 0. The Labute approximate surface area is 137 Å². The van der Waals surface area contributed by atoms with Crippen molar-refractivity contribution >= 4 is 15.9 Å². The van der Waals surface area contributed by atoms with Crippen molar-refractivity contribution in [2.45, 2.75) is 33.7 Å². The van der Waals surface area contributed by atoms with Crippen LogP contribution in [0.3, 0.4) is 0 Å². The van der Waals surface area contributed by atoms with Gasteiger partial charge in [-0.25, -0.2) is 0 Å². The van der Waals surface area contributed by atoms with Gasteiger partial charge in [-0.05, 0) is 54.0 Å². The third-order valence-corrected chi connectivity index (χ3v) is 5.86. The van der Waals surface area contributed by atoms with E-state index in [4.69, 9.17) is 0 Å². The van der Waals surface area contributed by atoms with Crippen molar-refractivity contribution < 1.29 is 0 Å². The quantitative estimate of drug-likeness (QED) is 0.819. The average molecular weight is 351 g/mol. The molecule has 2 aliphatic heterocycles. The lowest BCUT2D eigenvalue weighted by Gasteiger charge is -2.31. The number of likely N-dealkylation sites (tertiary alicyclic amines) is 1. The Kier molecular flexibility index (Phi) is 4.72. The monoisotopic (exact) mass is 350 g/mol. The fourth-order valence-corrected chi connectivity index (χ4v) is 4.40. The zero-order valence-corrected chi connectivity index (χ0v) is 15.1. The van der Waals surface area contributed by atoms with E-state index in [2.05, 4.69) is 58.6 Å².